The minimum atomic E-state index is 0.583. The topological polar surface area (TPSA) is 90.2 Å². The van der Waals surface area contributed by atoms with E-state index in [0.29, 0.717) is 23.0 Å². The van der Waals surface area contributed by atoms with Gasteiger partial charge < -0.3 is 0 Å². The van der Waals surface area contributed by atoms with E-state index in [-0.39, 0.29) is 0 Å². The molecule has 7 heteroatoms. The summed E-state index contributed by atoms with van der Waals surface area (Å²) < 4.78 is 0. The summed E-state index contributed by atoms with van der Waals surface area (Å²) in [7, 11) is 0. The second kappa shape index (κ2) is 20.1. The van der Waals surface area contributed by atoms with Crippen molar-refractivity contribution in [2.45, 2.75) is 156 Å². The van der Waals surface area contributed by atoms with E-state index in [2.05, 4.69) is 48.1 Å². The normalized spacial score (nSPS) is 11.3. The van der Waals surface area contributed by atoms with Gasteiger partial charge in [0, 0.05) is 0 Å². The van der Waals surface area contributed by atoms with Crippen LogP contribution in [0, 0.1) is 0 Å². The minimum absolute atomic E-state index is 0.583. The Morgan fingerprint density at radius 1 is 0.381 bits per heavy atom. The van der Waals surface area contributed by atoms with Crippen molar-refractivity contribution in [3.05, 3.63) is 41.0 Å². The molecule has 0 saturated heterocycles. The molecular formula is C35H55N7. The molecular weight excluding hydrogens is 518 g/mol. The molecule has 0 fully saturated rings. The van der Waals surface area contributed by atoms with Gasteiger partial charge >= 0.3 is 0 Å². The largest absolute Gasteiger partial charge is 0.241 e. The molecule has 3 aromatic heterocycles. The summed E-state index contributed by atoms with van der Waals surface area (Å²) in [5, 5.41) is 18.4. The van der Waals surface area contributed by atoms with Crippen LogP contribution in [0.2, 0.25) is 0 Å². The Bertz CT molecular complexity index is 1080. The van der Waals surface area contributed by atoms with Crippen molar-refractivity contribution in [1.29, 1.82) is 0 Å². The fraction of sp³-hybridized carbons (Fsp3) is 0.686. The lowest BCUT2D eigenvalue weighted by molar-refractivity contribution is 0.629. The first-order valence-electron chi connectivity index (χ1n) is 17.1. The fourth-order valence-electron chi connectivity index (χ4n) is 5.33. The van der Waals surface area contributed by atoms with Crippen molar-refractivity contribution in [1.82, 2.24) is 35.3 Å². The first kappa shape index (κ1) is 33.7. The molecule has 0 aliphatic rings. The average molecular weight is 574 g/mol. The van der Waals surface area contributed by atoms with Crippen LogP contribution in [-0.4, -0.2) is 35.3 Å². The Balaban J connectivity index is 1.83. The van der Waals surface area contributed by atoms with E-state index in [1.54, 1.807) is 0 Å². The molecule has 0 atom stereocenters. The van der Waals surface area contributed by atoms with Gasteiger partial charge in [0.05, 0.1) is 22.8 Å². The van der Waals surface area contributed by atoms with Crippen LogP contribution in [0.4, 0.5) is 0 Å². The zero-order chi connectivity index (χ0) is 29.8. The maximum Gasteiger partial charge on any atom is 0.200 e. The quantitative estimate of drug-likeness (QED) is 0.111. The van der Waals surface area contributed by atoms with Gasteiger partial charge in [-0.1, -0.05) is 111 Å². The van der Waals surface area contributed by atoms with Crippen molar-refractivity contribution >= 4 is 0 Å². The summed E-state index contributed by atoms with van der Waals surface area (Å²) >= 11 is 0. The minimum Gasteiger partial charge on any atom is -0.241 e. The summed E-state index contributed by atoms with van der Waals surface area (Å²) in [6, 6.07) is 5.91. The highest BCUT2D eigenvalue weighted by Gasteiger charge is 2.15. The van der Waals surface area contributed by atoms with E-state index in [1.807, 2.05) is 18.2 Å². The van der Waals surface area contributed by atoms with Gasteiger partial charge in [0.2, 0.25) is 11.6 Å². The van der Waals surface area contributed by atoms with Gasteiger partial charge in [0.15, 0.2) is 0 Å². The van der Waals surface area contributed by atoms with Crippen LogP contribution in [0.5, 0.6) is 0 Å². The van der Waals surface area contributed by atoms with E-state index in [1.165, 1.54) is 77.0 Å². The molecule has 0 aliphatic carbocycles. The Morgan fingerprint density at radius 3 is 1.10 bits per heavy atom. The SMILES string of the molecule is CCCCCCc1nnc(-c2cccc(-c3nnc(CCCCCC)c(CCCCCC)n3)n2)nc1CCCCCC. The first-order valence-corrected chi connectivity index (χ1v) is 17.1. The molecule has 0 radical (unpaired) electrons. The van der Waals surface area contributed by atoms with Crippen LogP contribution in [-0.2, 0) is 25.7 Å². The number of hydrogen-bond donors (Lipinski definition) is 0. The standard InChI is InChI=1S/C35H55N7/c1-5-9-13-17-22-28-30(24-19-15-11-7-3)39-41-34(37-28)32-26-21-27-33(36-32)35-38-29(23-18-14-10-6-2)31(40-42-35)25-20-16-12-8-4/h21,26-27H,5-20,22-25H2,1-4H3. The van der Waals surface area contributed by atoms with Crippen LogP contribution in [0.15, 0.2) is 18.2 Å². The number of aromatic nitrogens is 7. The molecule has 0 spiro atoms. The Kier molecular flexibility index (Phi) is 16.1. The Hall–Kier alpha value is -2.83. The number of aryl methyl sites for hydroxylation is 4. The maximum atomic E-state index is 5.02. The van der Waals surface area contributed by atoms with E-state index in [4.69, 9.17) is 15.0 Å². The highest BCUT2D eigenvalue weighted by molar-refractivity contribution is 5.57. The predicted molar refractivity (Wildman–Crippen MR) is 173 cm³/mol. The van der Waals surface area contributed by atoms with E-state index >= 15 is 0 Å². The molecule has 7 nitrogen and oxygen atoms in total. The van der Waals surface area contributed by atoms with E-state index in [0.717, 1.165) is 74.1 Å². The van der Waals surface area contributed by atoms with Crippen molar-refractivity contribution in [3.63, 3.8) is 0 Å². The van der Waals surface area contributed by atoms with Crippen LogP contribution < -0.4 is 0 Å². The van der Waals surface area contributed by atoms with Gasteiger partial charge in [-0.15, -0.1) is 10.2 Å². The first-order chi connectivity index (χ1) is 20.7. The molecule has 230 valence electrons. The molecule has 3 heterocycles. The molecule has 0 unspecified atom stereocenters. The third-order valence-corrected chi connectivity index (χ3v) is 7.95. The molecule has 3 aromatic rings. The Labute approximate surface area is 255 Å². The molecule has 0 saturated carbocycles. The summed E-state index contributed by atoms with van der Waals surface area (Å²) in [5.41, 5.74) is 5.70. The molecule has 0 aliphatic heterocycles. The van der Waals surface area contributed by atoms with Crippen LogP contribution in [0.1, 0.15) is 153 Å². The number of pyridine rings is 1. The van der Waals surface area contributed by atoms with Crippen LogP contribution in [0.25, 0.3) is 23.0 Å². The van der Waals surface area contributed by atoms with Gasteiger partial charge in [-0.2, -0.15) is 10.2 Å². The highest BCUT2D eigenvalue weighted by Crippen LogP contribution is 2.22. The number of unbranched alkanes of at least 4 members (excludes halogenated alkanes) is 12. The average Bonchev–Trinajstić information content (AvgIpc) is 3.02. The summed E-state index contributed by atoms with van der Waals surface area (Å²) in [6.45, 7) is 8.99. The monoisotopic (exact) mass is 573 g/mol. The van der Waals surface area contributed by atoms with Crippen molar-refractivity contribution < 1.29 is 0 Å². The van der Waals surface area contributed by atoms with Crippen molar-refractivity contribution in [2.75, 3.05) is 0 Å². The van der Waals surface area contributed by atoms with Crippen molar-refractivity contribution in [2.24, 2.45) is 0 Å². The van der Waals surface area contributed by atoms with Gasteiger partial charge in [-0.25, -0.2) is 15.0 Å². The maximum absolute atomic E-state index is 5.02. The molecule has 0 amide bonds. The van der Waals surface area contributed by atoms with E-state index < -0.39 is 0 Å². The lowest BCUT2D eigenvalue weighted by Gasteiger charge is -2.11. The van der Waals surface area contributed by atoms with Crippen molar-refractivity contribution in [3.8, 4) is 23.0 Å². The number of nitrogens with zero attached hydrogens (tertiary/aromatic N) is 7. The smallest absolute Gasteiger partial charge is 0.200 e. The Morgan fingerprint density at radius 2 is 0.738 bits per heavy atom. The molecule has 0 bridgehead atoms. The third kappa shape index (κ3) is 11.4. The molecule has 0 aromatic carbocycles. The van der Waals surface area contributed by atoms with E-state index in [9.17, 15) is 0 Å². The van der Waals surface area contributed by atoms with Crippen LogP contribution in [0.3, 0.4) is 0 Å². The molecule has 42 heavy (non-hydrogen) atoms. The summed E-state index contributed by atoms with van der Waals surface area (Å²) in [5.74, 6) is 1.17. The zero-order valence-electron chi connectivity index (χ0n) is 27.0. The van der Waals surface area contributed by atoms with Gasteiger partial charge in [-0.3, -0.25) is 0 Å². The lowest BCUT2D eigenvalue weighted by atomic mass is 10.1. The van der Waals surface area contributed by atoms with Crippen LogP contribution >= 0.6 is 0 Å². The highest BCUT2D eigenvalue weighted by atomic mass is 15.2. The van der Waals surface area contributed by atoms with Gasteiger partial charge in [0.25, 0.3) is 0 Å². The number of rotatable bonds is 22. The fourth-order valence-corrected chi connectivity index (χ4v) is 5.33. The summed E-state index contributed by atoms with van der Waals surface area (Å²) in [6.07, 6.45) is 23.2. The predicted octanol–water partition coefficient (Wildman–Crippen LogP) is 9.28. The second-order valence-corrected chi connectivity index (χ2v) is 11.7. The molecule has 3 rings (SSSR count). The van der Waals surface area contributed by atoms with Gasteiger partial charge in [0.1, 0.15) is 11.4 Å². The third-order valence-electron chi connectivity index (χ3n) is 7.95. The lowest BCUT2D eigenvalue weighted by Crippen LogP contribution is -2.09. The molecule has 0 N–H and O–H groups in total. The summed E-state index contributed by atoms with van der Waals surface area (Å²) in [4.78, 5) is 15.0. The zero-order valence-corrected chi connectivity index (χ0v) is 27.0. The number of hydrogen-bond acceptors (Lipinski definition) is 7. The van der Waals surface area contributed by atoms with Gasteiger partial charge in [-0.05, 0) is 63.5 Å². The second-order valence-electron chi connectivity index (χ2n) is 11.7.